The Bertz CT molecular complexity index is 346. The van der Waals surface area contributed by atoms with Crippen LogP contribution in [0.4, 0.5) is 0 Å². The van der Waals surface area contributed by atoms with E-state index in [4.69, 9.17) is 0 Å². The lowest BCUT2D eigenvalue weighted by Crippen LogP contribution is -2.25. The van der Waals surface area contributed by atoms with Gasteiger partial charge in [-0.2, -0.15) is 4.73 Å². The first-order chi connectivity index (χ1) is 5.38. The molecule has 0 N–H and O–H groups in total. The first-order valence-electron chi connectivity index (χ1n) is 3.45. The van der Waals surface area contributed by atoms with Crippen molar-refractivity contribution < 1.29 is 4.73 Å². The minimum atomic E-state index is 0.718. The maximum absolute atomic E-state index is 11.2. The van der Waals surface area contributed by atoms with Gasteiger partial charge >= 0.3 is 0 Å². The summed E-state index contributed by atoms with van der Waals surface area (Å²) in [5.41, 5.74) is 1.69. The summed E-state index contributed by atoms with van der Waals surface area (Å²) in [7, 11) is 0. The number of rotatable bonds is 0. The third-order valence-electron chi connectivity index (χ3n) is 1.67. The fraction of sp³-hybridized carbons (Fsp3) is 0. The monoisotopic (exact) mass is 145 g/mol. The summed E-state index contributed by atoms with van der Waals surface area (Å²) in [6.45, 7) is 0. The van der Waals surface area contributed by atoms with Crippen LogP contribution in [0.25, 0.3) is 11.3 Å². The predicted molar refractivity (Wildman–Crippen MR) is 42.0 cm³/mol. The van der Waals surface area contributed by atoms with E-state index in [1.54, 1.807) is 6.07 Å². The summed E-state index contributed by atoms with van der Waals surface area (Å²) in [5, 5.41) is 11.2. The number of nitrogens with zero attached hydrogens (tertiary/aromatic N) is 1. The molecule has 0 aromatic rings. The quantitative estimate of drug-likeness (QED) is 0.407. The van der Waals surface area contributed by atoms with Crippen molar-refractivity contribution in [2.45, 2.75) is 0 Å². The van der Waals surface area contributed by atoms with Gasteiger partial charge in [0.05, 0.1) is 0 Å². The van der Waals surface area contributed by atoms with Crippen LogP contribution in [0.1, 0.15) is 0 Å². The van der Waals surface area contributed by atoms with Gasteiger partial charge in [-0.3, -0.25) is 0 Å². The molecule has 1 aliphatic heterocycles. The van der Waals surface area contributed by atoms with Crippen molar-refractivity contribution in [2.75, 3.05) is 0 Å². The van der Waals surface area contributed by atoms with Crippen LogP contribution in [0.5, 0.6) is 0 Å². The van der Waals surface area contributed by atoms with Crippen LogP contribution in [0.3, 0.4) is 0 Å². The summed E-state index contributed by atoms with van der Waals surface area (Å²) >= 11 is 0. The first-order valence-corrected chi connectivity index (χ1v) is 3.45. The molecule has 0 saturated carbocycles. The van der Waals surface area contributed by atoms with Gasteiger partial charge in [0.2, 0.25) is 5.69 Å². The minimum Gasteiger partial charge on any atom is -0.618 e. The van der Waals surface area contributed by atoms with Crippen LogP contribution in [0.2, 0.25) is 0 Å². The van der Waals surface area contributed by atoms with Gasteiger partial charge in [0, 0.05) is 17.7 Å². The second-order valence-corrected chi connectivity index (χ2v) is 2.39. The zero-order valence-corrected chi connectivity index (χ0v) is 5.90. The predicted octanol–water partition coefficient (Wildman–Crippen LogP) is 1.42. The molecule has 0 radical (unpaired) electrons. The maximum Gasteiger partial charge on any atom is 0.223 e. The summed E-state index contributed by atoms with van der Waals surface area (Å²) in [4.78, 5) is 0. The Morgan fingerprint density at radius 1 is 1.00 bits per heavy atom. The molecule has 0 bridgehead atoms. The number of fused-ring (bicyclic) bond motifs is 1. The molecule has 0 saturated heterocycles. The summed E-state index contributed by atoms with van der Waals surface area (Å²) < 4.78 is 0.870. The fourth-order valence-electron chi connectivity index (χ4n) is 1.13. The molecular formula is C9H7NO. The van der Waals surface area contributed by atoms with E-state index in [1.165, 1.54) is 6.20 Å². The molecule has 0 atom stereocenters. The Labute approximate surface area is 64.6 Å². The average Bonchev–Trinajstić information content (AvgIpc) is 2.40. The topological polar surface area (TPSA) is 26.9 Å². The van der Waals surface area contributed by atoms with E-state index in [0.29, 0.717) is 0 Å². The molecule has 0 unspecified atom stereocenters. The van der Waals surface area contributed by atoms with Gasteiger partial charge in [-0.05, 0) is 12.1 Å². The van der Waals surface area contributed by atoms with Crippen molar-refractivity contribution in [2.24, 2.45) is 0 Å². The zero-order valence-electron chi connectivity index (χ0n) is 5.90. The largest absolute Gasteiger partial charge is 0.618 e. The highest BCUT2D eigenvalue weighted by Gasteiger charge is 2.06. The third-order valence-corrected chi connectivity index (χ3v) is 1.67. The van der Waals surface area contributed by atoms with Crippen LogP contribution >= 0.6 is 0 Å². The Morgan fingerprint density at radius 3 is 2.73 bits per heavy atom. The lowest BCUT2D eigenvalue weighted by Gasteiger charge is -1.94. The van der Waals surface area contributed by atoms with Crippen molar-refractivity contribution in [3.05, 3.63) is 47.8 Å². The van der Waals surface area contributed by atoms with Gasteiger partial charge < -0.3 is 5.21 Å². The summed E-state index contributed by atoms with van der Waals surface area (Å²) in [5.74, 6) is 0. The molecule has 2 nitrogen and oxygen atoms in total. The second-order valence-electron chi connectivity index (χ2n) is 2.39. The SMILES string of the molecule is [O-][n+]1ccccc2cccc1-2. The van der Waals surface area contributed by atoms with E-state index >= 15 is 0 Å². The molecule has 0 amide bonds. The lowest BCUT2D eigenvalue weighted by molar-refractivity contribution is -0.592. The van der Waals surface area contributed by atoms with Crippen LogP contribution in [0, 0.1) is 5.21 Å². The van der Waals surface area contributed by atoms with Crippen LogP contribution < -0.4 is 4.73 Å². The highest BCUT2D eigenvalue weighted by molar-refractivity contribution is 5.58. The van der Waals surface area contributed by atoms with Crippen molar-refractivity contribution in [1.82, 2.24) is 0 Å². The molecule has 2 heteroatoms. The van der Waals surface area contributed by atoms with Gasteiger partial charge in [-0.1, -0.05) is 12.1 Å². The maximum atomic E-state index is 11.2. The molecule has 0 fully saturated rings. The number of hydrogen-bond donors (Lipinski definition) is 0. The molecule has 2 aliphatic rings. The van der Waals surface area contributed by atoms with Crippen molar-refractivity contribution in [3.8, 4) is 11.3 Å². The van der Waals surface area contributed by atoms with Crippen molar-refractivity contribution in [1.29, 1.82) is 0 Å². The molecule has 0 aromatic carbocycles. The first kappa shape index (κ1) is 6.16. The van der Waals surface area contributed by atoms with E-state index in [-0.39, 0.29) is 0 Å². The fourth-order valence-corrected chi connectivity index (χ4v) is 1.13. The summed E-state index contributed by atoms with van der Waals surface area (Å²) in [6.07, 6.45) is 1.50. The average molecular weight is 145 g/mol. The molecule has 0 spiro atoms. The molecule has 2 rings (SSSR count). The van der Waals surface area contributed by atoms with Gasteiger partial charge in [-0.15, -0.1) is 0 Å². The van der Waals surface area contributed by atoms with E-state index < -0.39 is 0 Å². The minimum absolute atomic E-state index is 0.718. The second kappa shape index (κ2) is 2.23. The van der Waals surface area contributed by atoms with Crippen LogP contribution in [-0.4, -0.2) is 0 Å². The molecule has 54 valence electrons. The Balaban J connectivity index is 2.78. The van der Waals surface area contributed by atoms with Gasteiger partial charge in [0.1, 0.15) is 0 Å². The van der Waals surface area contributed by atoms with Crippen LogP contribution in [-0.2, 0) is 0 Å². The normalized spacial score (nSPS) is 10.2. The summed E-state index contributed by atoms with van der Waals surface area (Å²) in [6, 6.07) is 11.1. The Hall–Kier alpha value is -1.57. The standard InChI is InChI=1S/C9H7NO/c11-10-7-2-1-4-8-5-3-6-9(8)10/h1-7H. The van der Waals surface area contributed by atoms with Gasteiger partial charge in [0.15, 0.2) is 6.20 Å². The molecule has 0 aromatic heterocycles. The number of aromatic nitrogens is 1. The van der Waals surface area contributed by atoms with E-state index in [0.717, 1.165) is 16.0 Å². The highest BCUT2D eigenvalue weighted by atomic mass is 16.5. The van der Waals surface area contributed by atoms with Crippen molar-refractivity contribution in [3.63, 3.8) is 0 Å². The van der Waals surface area contributed by atoms with E-state index in [9.17, 15) is 5.21 Å². The Kier molecular flexibility index (Phi) is 1.25. The van der Waals surface area contributed by atoms with E-state index in [1.807, 2.05) is 30.3 Å². The van der Waals surface area contributed by atoms with Gasteiger partial charge in [-0.25, -0.2) is 0 Å². The Morgan fingerprint density at radius 2 is 1.82 bits per heavy atom. The molecule has 11 heavy (non-hydrogen) atoms. The van der Waals surface area contributed by atoms with E-state index in [2.05, 4.69) is 0 Å². The third kappa shape index (κ3) is 0.923. The number of hydrogen-bond acceptors (Lipinski definition) is 1. The lowest BCUT2D eigenvalue weighted by atomic mass is 10.3. The molecule has 1 heterocycles. The molecule has 1 aliphatic carbocycles. The molecular weight excluding hydrogens is 138 g/mol. The van der Waals surface area contributed by atoms with Crippen molar-refractivity contribution >= 4 is 0 Å². The highest BCUT2D eigenvalue weighted by Crippen LogP contribution is 2.15. The van der Waals surface area contributed by atoms with Crippen LogP contribution in [0.15, 0.2) is 42.6 Å². The van der Waals surface area contributed by atoms with Gasteiger partial charge in [0.25, 0.3) is 0 Å². The smallest absolute Gasteiger partial charge is 0.223 e. The zero-order chi connectivity index (χ0) is 7.68.